The zero-order valence-corrected chi connectivity index (χ0v) is 31.7. The van der Waals surface area contributed by atoms with Crippen molar-refractivity contribution in [2.75, 3.05) is 53.4 Å². The number of para-hydroxylation sites is 1. The first-order valence-electron chi connectivity index (χ1n) is 18.5. The van der Waals surface area contributed by atoms with Crippen molar-refractivity contribution in [3.8, 4) is 21.8 Å². The topological polar surface area (TPSA) is 69.2 Å². The van der Waals surface area contributed by atoms with Gasteiger partial charge in [-0.25, -0.2) is 19.3 Å². The van der Waals surface area contributed by atoms with Gasteiger partial charge < -0.3 is 19.8 Å². The fourth-order valence-corrected chi connectivity index (χ4v) is 9.57. The van der Waals surface area contributed by atoms with E-state index >= 15 is 4.39 Å². The van der Waals surface area contributed by atoms with Crippen molar-refractivity contribution in [2.24, 2.45) is 11.3 Å². The number of benzene rings is 2. The molecule has 1 aliphatic carbocycles. The zero-order chi connectivity index (χ0) is 34.7. The third kappa shape index (κ3) is 7.97. The van der Waals surface area contributed by atoms with Crippen LogP contribution in [0.25, 0.3) is 21.8 Å². The van der Waals surface area contributed by atoms with Crippen molar-refractivity contribution in [1.82, 2.24) is 19.9 Å². The molecule has 0 radical (unpaired) electrons. The van der Waals surface area contributed by atoms with Crippen LogP contribution in [0.2, 0.25) is 0 Å². The Bertz CT molecular complexity index is 1720. The number of aromatic nitrogens is 3. The van der Waals surface area contributed by atoms with Gasteiger partial charge in [-0.1, -0.05) is 63.9 Å². The molecule has 2 aliphatic heterocycles. The van der Waals surface area contributed by atoms with Crippen LogP contribution in [-0.4, -0.2) is 64.4 Å². The first kappa shape index (κ1) is 35.2. The molecule has 266 valence electrons. The monoisotopic (exact) mass is 713 g/mol. The lowest BCUT2D eigenvalue weighted by molar-refractivity contribution is 0.0172. The van der Waals surface area contributed by atoms with E-state index in [9.17, 15) is 0 Å². The summed E-state index contributed by atoms with van der Waals surface area (Å²) < 4.78 is 19.1. The molecular formula is C40H52FN7S2. The quantitative estimate of drug-likeness (QED) is 0.118. The van der Waals surface area contributed by atoms with Crippen molar-refractivity contribution in [2.45, 2.75) is 84.1 Å². The maximum atomic E-state index is 15.9. The Morgan fingerprint density at radius 1 is 0.960 bits per heavy atom. The van der Waals surface area contributed by atoms with E-state index in [2.05, 4.69) is 82.8 Å². The Morgan fingerprint density at radius 2 is 1.72 bits per heavy atom. The van der Waals surface area contributed by atoms with E-state index in [1.54, 1.807) is 17.4 Å². The summed E-state index contributed by atoms with van der Waals surface area (Å²) in [6.45, 7) is 14.6. The molecule has 4 aromatic rings. The number of nitrogens with zero attached hydrogens (tertiary/aromatic N) is 5. The first-order chi connectivity index (χ1) is 24.2. The van der Waals surface area contributed by atoms with Gasteiger partial charge in [-0.3, -0.25) is 0 Å². The molecule has 1 saturated carbocycles. The molecule has 0 amide bonds. The van der Waals surface area contributed by atoms with Crippen molar-refractivity contribution in [3.63, 3.8) is 0 Å². The van der Waals surface area contributed by atoms with Gasteiger partial charge in [-0.05, 0) is 99.7 Å². The third-order valence-electron chi connectivity index (χ3n) is 10.8. The number of nitrogens with one attached hydrogen (secondary N) is 2. The lowest BCUT2D eigenvalue weighted by Gasteiger charge is -2.52. The Kier molecular flexibility index (Phi) is 10.7. The molecule has 2 aromatic carbocycles. The molecule has 0 bridgehead atoms. The molecular weight excluding hydrogens is 662 g/mol. The predicted octanol–water partition coefficient (Wildman–Crippen LogP) is 9.75. The minimum absolute atomic E-state index is 0.176. The molecule has 50 heavy (non-hydrogen) atoms. The van der Waals surface area contributed by atoms with Crippen molar-refractivity contribution in [3.05, 3.63) is 71.6 Å². The second-order valence-corrected chi connectivity index (χ2v) is 17.5. The molecule has 1 spiro atoms. The summed E-state index contributed by atoms with van der Waals surface area (Å²) in [6, 6.07) is 18.7. The van der Waals surface area contributed by atoms with Gasteiger partial charge in [0.05, 0.1) is 27.0 Å². The van der Waals surface area contributed by atoms with Gasteiger partial charge in [0.15, 0.2) is 5.82 Å². The number of anilines is 3. The van der Waals surface area contributed by atoms with Crippen molar-refractivity contribution >= 4 is 40.6 Å². The van der Waals surface area contributed by atoms with E-state index < -0.39 is 0 Å². The van der Waals surface area contributed by atoms with E-state index in [1.807, 2.05) is 24.4 Å². The molecule has 4 heterocycles. The van der Waals surface area contributed by atoms with Crippen LogP contribution in [0.15, 0.2) is 60.8 Å². The summed E-state index contributed by atoms with van der Waals surface area (Å²) >= 11 is 3.12. The van der Waals surface area contributed by atoms with Crippen molar-refractivity contribution < 1.29 is 4.39 Å². The number of likely N-dealkylation sites (tertiary alicyclic amines) is 1. The number of halogens is 1. The SMILES string of the molecule is CCCSNc1cccc(-c2nc(C(C)(C)C)sc2-c2ccnc(NC3CC4(CCN(CC5CCN(c6ccccc6)CC5)CC4)C3)n2)c1F. The summed E-state index contributed by atoms with van der Waals surface area (Å²) in [5.41, 5.74) is 4.03. The second kappa shape index (κ2) is 15.2. The Morgan fingerprint density at radius 3 is 2.44 bits per heavy atom. The van der Waals surface area contributed by atoms with Crippen molar-refractivity contribution in [1.29, 1.82) is 0 Å². The fraction of sp³-hybridized carbons (Fsp3) is 0.525. The molecule has 2 aromatic heterocycles. The maximum absolute atomic E-state index is 15.9. The average molecular weight is 714 g/mol. The number of rotatable bonds is 11. The van der Waals surface area contributed by atoms with Gasteiger partial charge >= 0.3 is 0 Å². The summed E-state index contributed by atoms with van der Waals surface area (Å²) in [5, 5.41) is 4.61. The van der Waals surface area contributed by atoms with Crippen LogP contribution in [0.1, 0.15) is 77.6 Å². The highest BCUT2D eigenvalue weighted by Gasteiger charge is 2.46. The molecule has 3 aliphatic rings. The average Bonchev–Trinajstić information content (AvgIpc) is 3.57. The highest BCUT2D eigenvalue weighted by molar-refractivity contribution is 8.00. The number of thiazole rings is 1. The maximum Gasteiger partial charge on any atom is 0.223 e. The van der Waals surface area contributed by atoms with Gasteiger partial charge in [0.1, 0.15) is 0 Å². The van der Waals surface area contributed by atoms with Crippen LogP contribution in [0.4, 0.5) is 21.7 Å². The first-order valence-corrected chi connectivity index (χ1v) is 20.3. The minimum Gasteiger partial charge on any atom is -0.372 e. The van der Waals surface area contributed by atoms with Gasteiger partial charge in [-0.15, -0.1) is 11.3 Å². The van der Waals surface area contributed by atoms with Crippen LogP contribution < -0.4 is 14.9 Å². The highest BCUT2D eigenvalue weighted by atomic mass is 32.2. The standard InChI is InChI=1S/C40H52FN7S2/c1-5-24-49-46-32-13-9-12-31(34(32)41)35-36(50-37(45-35)39(2,3)4)33-14-19-42-38(44-33)43-29-25-40(26-29)17-22-47(23-18-40)27-28-15-20-48(21-16-28)30-10-7-6-8-11-30/h6-14,19,28-29,46H,5,15-18,20-27H2,1-4H3,(H,42,43,44). The molecule has 7 rings (SSSR count). The Balaban J connectivity index is 0.959. The van der Waals surface area contributed by atoms with Gasteiger partial charge in [-0.2, -0.15) is 0 Å². The zero-order valence-electron chi connectivity index (χ0n) is 30.1. The fourth-order valence-electron chi connectivity index (χ4n) is 7.84. The normalized spacial score (nSPS) is 18.7. The smallest absolute Gasteiger partial charge is 0.223 e. The number of hydrogen-bond donors (Lipinski definition) is 2. The molecule has 2 saturated heterocycles. The molecule has 7 nitrogen and oxygen atoms in total. The van der Waals surface area contributed by atoms with Crippen LogP contribution in [0, 0.1) is 17.2 Å². The lowest BCUT2D eigenvalue weighted by atomic mass is 9.60. The summed E-state index contributed by atoms with van der Waals surface area (Å²) in [7, 11) is 0. The number of hydrogen-bond acceptors (Lipinski definition) is 9. The van der Waals surface area contributed by atoms with Crippen LogP contribution in [-0.2, 0) is 5.41 Å². The van der Waals surface area contributed by atoms with Crippen LogP contribution in [0.3, 0.4) is 0 Å². The van der Waals surface area contributed by atoms with Crippen LogP contribution >= 0.6 is 23.3 Å². The Labute approximate surface area is 306 Å². The van der Waals surface area contributed by atoms with E-state index in [4.69, 9.17) is 9.97 Å². The molecule has 0 atom stereocenters. The second-order valence-electron chi connectivity index (χ2n) is 15.6. The summed E-state index contributed by atoms with van der Waals surface area (Å²) in [6.07, 6.45) is 10.3. The van der Waals surface area contributed by atoms with Gasteiger partial charge in [0.2, 0.25) is 5.95 Å². The predicted molar refractivity (Wildman–Crippen MR) is 210 cm³/mol. The highest BCUT2D eigenvalue weighted by Crippen LogP contribution is 2.50. The third-order valence-corrected chi connectivity index (χ3v) is 13.2. The van der Waals surface area contributed by atoms with Crippen LogP contribution in [0.5, 0.6) is 0 Å². The minimum atomic E-state index is -0.283. The van der Waals surface area contributed by atoms with Gasteiger partial charge in [0.25, 0.3) is 0 Å². The number of piperidine rings is 2. The van der Waals surface area contributed by atoms with E-state index in [0.717, 1.165) is 33.7 Å². The Hall–Kier alpha value is -3.21. The lowest BCUT2D eigenvalue weighted by Crippen LogP contribution is -2.52. The molecule has 2 N–H and O–H groups in total. The van der Waals surface area contributed by atoms with E-state index in [-0.39, 0.29) is 11.2 Å². The molecule has 3 fully saturated rings. The van der Waals surface area contributed by atoms with E-state index in [1.165, 1.54) is 88.9 Å². The molecule has 10 heteroatoms. The van der Waals surface area contributed by atoms with Gasteiger partial charge in [0, 0.05) is 54.3 Å². The van der Waals surface area contributed by atoms with E-state index in [0.29, 0.717) is 34.3 Å². The largest absolute Gasteiger partial charge is 0.372 e. The summed E-state index contributed by atoms with van der Waals surface area (Å²) in [5.74, 6) is 2.08. The summed E-state index contributed by atoms with van der Waals surface area (Å²) in [4.78, 5) is 20.8. The molecule has 0 unspecified atom stereocenters.